The second-order valence-electron chi connectivity index (χ2n) is 7.50. The summed E-state index contributed by atoms with van der Waals surface area (Å²) in [6.45, 7) is 4.69. The van der Waals surface area contributed by atoms with E-state index in [1.165, 1.54) is 4.90 Å². The van der Waals surface area contributed by atoms with Gasteiger partial charge in [-0.2, -0.15) is 0 Å². The van der Waals surface area contributed by atoms with E-state index in [9.17, 15) is 18.0 Å². The van der Waals surface area contributed by atoms with Crippen LogP contribution in [0.25, 0.3) is 11.0 Å². The highest BCUT2D eigenvalue weighted by molar-refractivity contribution is 7.92. The molecule has 3 aromatic rings. The molecule has 4 rings (SSSR count). The zero-order valence-corrected chi connectivity index (χ0v) is 17.7. The van der Waals surface area contributed by atoms with Crippen molar-refractivity contribution in [2.45, 2.75) is 37.0 Å². The Balaban J connectivity index is 1.66. The smallest absolute Gasteiger partial charge is 0.259 e. The monoisotopic (exact) mass is 425 g/mol. The van der Waals surface area contributed by atoms with Crippen LogP contribution in [0, 0.1) is 6.92 Å². The van der Waals surface area contributed by atoms with Crippen LogP contribution in [0.5, 0.6) is 0 Å². The van der Waals surface area contributed by atoms with Crippen LogP contribution in [0.4, 0.5) is 0 Å². The fourth-order valence-corrected chi connectivity index (χ4v) is 5.61. The molecule has 2 aromatic heterocycles. The molecule has 0 bridgehead atoms. The van der Waals surface area contributed by atoms with E-state index >= 15 is 0 Å². The number of amides is 1. The lowest BCUT2D eigenvalue weighted by Gasteiger charge is -2.18. The number of sulfone groups is 1. The minimum absolute atomic E-state index is 0.0489. The summed E-state index contributed by atoms with van der Waals surface area (Å²) in [6.07, 6.45) is 1.89. The molecule has 0 spiro atoms. The molecule has 0 aliphatic carbocycles. The first-order valence-corrected chi connectivity index (χ1v) is 11.5. The number of carbonyl (C=O) groups excluding carboxylic acids is 1. The van der Waals surface area contributed by atoms with Gasteiger partial charge >= 0.3 is 0 Å². The summed E-state index contributed by atoms with van der Waals surface area (Å²) in [7, 11) is -3.54. The minimum Gasteiger partial charge on any atom is -0.337 e. The van der Waals surface area contributed by atoms with Crippen LogP contribution in [0.15, 0.2) is 58.4 Å². The third kappa shape index (κ3) is 3.41. The van der Waals surface area contributed by atoms with Gasteiger partial charge in [0.05, 0.1) is 15.5 Å². The Morgan fingerprint density at radius 1 is 1.17 bits per heavy atom. The van der Waals surface area contributed by atoms with Crippen LogP contribution in [0.3, 0.4) is 0 Å². The van der Waals surface area contributed by atoms with E-state index < -0.39 is 21.0 Å². The van der Waals surface area contributed by atoms with Gasteiger partial charge in [0.25, 0.3) is 5.91 Å². The van der Waals surface area contributed by atoms with Crippen LogP contribution in [0.2, 0.25) is 0 Å². The zero-order chi connectivity index (χ0) is 21.5. The van der Waals surface area contributed by atoms with E-state index in [0.29, 0.717) is 30.5 Å². The number of nitrogens with zero attached hydrogens (tertiary/aromatic N) is 3. The standard InChI is InChI=1S/C22H23N3O4S/c1-3-24-14-19(20(26)18-10-9-15(2)23-21(18)24)22(27)25-12-11-17(13-25)30(28,29)16-7-5-4-6-8-16/h4-10,14,17H,3,11-13H2,1-2H3. The van der Waals surface area contributed by atoms with Crippen molar-refractivity contribution in [2.75, 3.05) is 13.1 Å². The van der Waals surface area contributed by atoms with Crippen LogP contribution in [0.1, 0.15) is 29.4 Å². The maximum Gasteiger partial charge on any atom is 0.259 e. The maximum absolute atomic E-state index is 13.2. The Morgan fingerprint density at radius 3 is 2.60 bits per heavy atom. The van der Waals surface area contributed by atoms with Gasteiger partial charge in [0, 0.05) is 31.5 Å². The summed E-state index contributed by atoms with van der Waals surface area (Å²) in [5.74, 6) is -0.435. The van der Waals surface area contributed by atoms with E-state index in [4.69, 9.17) is 0 Å². The molecule has 30 heavy (non-hydrogen) atoms. The van der Waals surface area contributed by atoms with Crippen molar-refractivity contribution in [1.29, 1.82) is 0 Å². The summed E-state index contributed by atoms with van der Waals surface area (Å²) in [4.78, 5) is 32.3. The van der Waals surface area contributed by atoms with Gasteiger partial charge in [0.2, 0.25) is 5.43 Å². The van der Waals surface area contributed by atoms with Crippen molar-refractivity contribution in [3.05, 3.63) is 70.1 Å². The van der Waals surface area contributed by atoms with E-state index in [0.717, 1.165) is 5.69 Å². The Labute approximate surface area is 174 Å². The second-order valence-corrected chi connectivity index (χ2v) is 9.73. The lowest BCUT2D eigenvalue weighted by atomic mass is 10.1. The van der Waals surface area contributed by atoms with Crippen molar-refractivity contribution in [3.63, 3.8) is 0 Å². The highest BCUT2D eigenvalue weighted by atomic mass is 32.2. The zero-order valence-electron chi connectivity index (χ0n) is 16.9. The molecule has 1 fully saturated rings. The Morgan fingerprint density at radius 2 is 1.90 bits per heavy atom. The summed E-state index contributed by atoms with van der Waals surface area (Å²) in [6, 6.07) is 11.7. The summed E-state index contributed by atoms with van der Waals surface area (Å²) in [5, 5.41) is -0.289. The van der Waals surface area contributed by atoms with Gasteiger partial charge in [-0.25, -0.2) is 13.4 Å². The molecule has 8 heteroatoms. The first-order chi connectivity index (χ1) is 14.3. The Bertz CT molecular complexity index is 1280. The first kappa shape index (κ1) is 20.3. The van der Waals surface area contributed by atoms with Crippen molar-refractivity contribution < 1.29 is 13.2 Å². The summed E-state index contributed by atoms with van der Waals surface area (Å²) in [5.41, 5.74) is 1.01. The summed E-state index contributed by atoms with van der Waals surface area (Å²) >= 11 is 0. The number of benzene rings is 1. The predicted octanol–water partition coefficient (Wildman–Crippen LogP) is 2.41. The number of fused-ring (bicyclic) bond motifs is 1. The topological polar surface area (TPSA) is 89.3 Å². The van der Waals surface area contributed by atoms with Gasteiger partial charge in [0.15, 0.2) is 9.84 Å². The van der Waals surface area contributed by atoms with Crippen LogP contribution in [-0.2, 0) is 16.4 Å². The number of hydrogen-bond donors (Lipinski definition) is 0. The highest BCUT2D eigenvalue weighted by Crippen LogP contribution is 2.25. The molecule has 1 saturated heterocycles. The molecule has 1 unspecified atom stereocenters. The number of likely N-dealkylation sites (tertiary alicyclic amines) is 1. The van der Waals surface area contributed by atoms with Crippen molar-refractivity contribution in [2.24, 2.45) is 0 Å². The molecule has 3 heterocycles. The van der Waals surface area contributed by atoms with Gasteiger partial charge in [-0.3, -0.25) is 9.59 Å². The van der Waals surface area contributed by atoms with Gasteiger partial charge in [-0.15, -0.1) is 0 Å². The molecule has 0 radical (unpaired) electrons. The van der Waals surface area contributed by atoms with Gasteiger partial charge in [0.1, 0.15) is 11.2 Å². The number of pyridine rings is 2. The van der Waals surface area contributed by atoms with E-state index in [1.54, 1.807) is 53.2 Å². The van der Waals surface area contributed by atoms with Crippen LogP contribution < -0.4 is 5.43 Å². The lowest BCUT2D eigenvalue weighted by Crippen LogP contribution is -2.35. The fourth-order valence-electron chi connectivity index (χ4n) is 3.89. The second kappa shape index (κ2) is 7.68. The molecular formula is C22H23N3O4S. The molecule has 7 nitrogen and oxygen atoms in total. The molecule has 156 valence electrons. The average Bonchev–Trinajstić information content (AvgIpc) is 3.25. The Hall–Kier alpha value is -3.00. The quantitative estimate of drug-likeness (QED) is 0.640. The van der Waals surface area contributed by atoms with E-state index in [1.807, 2.05) is 13.8 Å². The maximum atomic E-state index is 13.2. The highest BCUT2D eigenvalue weighted by Gasteiger charge is 2.37. The van der Waals surface area contributed by atoms with Gasteiger partial charge in [-0.1, -0.05) is 18.2 Å². The average molecular weight is 426 g/mol. The van der Waals surface area contributed by atoms with Crippen molar-refractivity contribution >= 4 is 26.8 Å². The fraction of sp³-hybridized carbons (Fsp3) is 0.318. The SMILES string of the molecule is CCn1cc(C(=O)N2CCC(S(=O)(=O)c3ccccc3)C2)c(=O)c2ccc(C)nc21. The summed E-state index contributed by atoms with van der Waals surface area (Å²) < 4.78 is 27.6. The molecule has 0 N–H and O–H groups in total. The largest absolute Gasteiger partial charge is 0.337 e. The molecule has 1 aliphatic heterocycles. The van der Waals surface area contributed by atoms with Crippen LogP contribution >= 0.6 is 0 Å². The van der Waals surface area contributed by atoms with Crippen molar-refractivity contribution in [3.8, 4) is 0 Å². The lowest BCUT2D eigenvalue weighted by molar-refractivity contribution is 0.0791. The number of hydrogen-bond acceptors (Lipinski definition) is 5. The van der Waals surface area contributed by atoms with Crippen LogP contribution in [-0.4, -0.2) is 47.1 Å². The van der Waals surface area contributed by atoms with Gasteiger partial charge < -0.3 is 9.47 Å². The van der Waals surface area contributed by atoms with Gasteiger partial charge in [-0.05, 0) is 44.5 Å². The number of carbonyl (C=O) groups is 1. The molecule has 1 aliphatic rings. The van der Waals surface area contributed by atoms with E-state index in [2.05, 4.69) is 4.98 Å². The first-order valence-electron chi connectivity index (χ1n) is 9.92. The molecule has 1 atom stereocenters. The number of aryl methyl sites for hydroxylation is 2. The number of rotatable bonds is 4. The minimum atomic E-state index is -3.54. The predicted molar refractivity (Wildman–Crippen MR) is 114 cm³/mol. The van der Waals surface area contributed by atoms with Crippen molar-refractivity contribution in [1.82, 2.24) is 14.5 Å². The molecular weight excluding hydrogens is 402 g/mol. The third-order valence-corrected chi connectivity index (χ3v) is 7.77. The molecule has 1 amide bonds. The normalized spacial score (nSPS) is 16.9. The molecule has 1 aromatic carbocycles. The number of aromatic nitrogens is 2. The van der Waals surface area contributed by atoms with E-state index in [-0.39, 0.29) is 22.4 Å². The Kier molecular flexibility index (Phi) is 5.19. The third-order valence-electron chi connectivity index (χ3n) is 5.57. The molecule has 0 saturated carbocycles.